The highest BCUT2D eigenvalue weighted by Crippen LogP contribution is 1.91. The summed E-state index contributed by atoms with van der Waals surface area (Å²) in [5, 5.41) is 2.99. The summed E-state index contributed by atoms with van der Waals surface area (Å²) >= 11 is 0. The van der Waals surface area contributed by atoms with E-state index in [1.54, 1.807) is 4.90 Å². The molecule has 0 heterocycles. The predicted molar refractivity (Wildman–Crippen MR) is 54.2 cm³/mol. The van der Waals surface area contributed by atoms with Crippen LogP contribution < -0.4 is 5.32 Å². The summed E-state index contributed by atoms with van der Waals surface area (Å²) in [6, 6.07) is 0. The summed E-state index contributed by atoms with van der Waals surface area (Å²) in [5.74, 6) is 2.57. The number of hydrogen-bond acceptors (Lipinski definition) is 2. The van der Waals surface area contributed by atoms with Gasteiger partial charge in [0.2, 0.25) is 5.91 Å². The van der Waals surface area contributed by atoms with Crippen molar-refractivity contribution in [2.45, 2.75) is 20.3 Å². The van der Waals surface area contributed by atoms with Crippen molar-refractivity contribution in [2.24, 2.45) is 0 Å². The Morgan fingerprint density at radius 3 is 2.69 bits per heavy atom. The second kappa shape index (κ2) is 7.63. The fourth-order valence-corrected chi connectivity index (χ4v) is 1.02. The van der Waals surface area contributed by atoms with Crippen LogP contribution in [0, 0.1) is 12.3 Å². The molecule has 0 aromatic rings. The van der Waals surface area contributed by atoms with E-state index in [1.165, 1.54) is 0 Å². The van der Waals surface area contributed by atoms with Gasteiger partial charge in [0.25, 0.3) is 0 Å². The first-order valence-corrected chi connectivity index (χ1v) is 4.68. The molecule has 0 spiro atoms. The van der Waals surface area contributed by atoms with Crippen LogP contribution in [0.1, 0.15) is 20.3 Å². The van der Waals surface area contributed by atoms with Gasteiger partial charge < -0.3 is 10.2 Å². The van der Waals surface area contributed by atoms with E-state index in [9.17, 15) is 4.79 Å². The van der Waals surface area contributed by atoms with E-state index in [0.29, 0.717) is 13.1 Å². The van der Waals surface area contributed by atoms with Crippen LogP contribution in [0.2, 0.25) is 0 Å². The topological polar surface area (TPSA) is 32.3 Å². The number of terminal acetylenes is 1. The van der Waals surface area contributed by atoms with Crippen LogP contribution in [0.25, 0.3) is 0 Å². The average molecular weight is 182 g/mol. The van der Waals surface area contributed by atoms with Crippen LogP contribution in [-0.2, 0) is 4.79 Å². The number of carbonyl (C=O) groups is 1. The first kappa shape index (κ1) is 12.0. The van der Waals surface area contributed by atoms with E-state index in [-0.39, 0.29) is 5.91 Å². The van der Waals surface area contributed by atoms with E-state index < -0.39 is 0 Å². The fraction of sp³-hybridized carbons (Fsp3) is 0.700. The van der Waals surface area contributed by atoms with Crippen molar-refractivity contribution < 1.29 is 4.79 Å². The molecule has 1 amide bonds. The maximum absolute atomic E-state index is 11.4. The first-order valence-electron chi connectivity index (χ1n) is 4.68. The third-order valence-corrected chi connectivity index (χ3v) is 1.65. The molecular weight excluding hydrogens is 164 g/mol. The monoisotopic (exact) mass is 182 g/mol. The maximum atomic E-state index is 11.4. The maximum Gasteiger partial charge on any atom is 0.237 e. The van der Waals surface area contributed by atoms with Crippen molar-refractivity contribution >= 4 is 5.91 Å². The van der Waals surface area contributed by atoms with Gasteiger partial charge in [-0.2, -0.15) is 0 Å². The van der Waals surface area contributed by atoms with E-state index in [0.717, 1.165) is 19.5 Å². The Morgan fingerprint density at radius 1 is 1.54 bits per heavy atom. The Kier molecular flexibility index (Phi) is 7.04. The van der Waals surface area contributed by atoms with Gasteiger partial charge in [-0.1, -0.05) is 19.8 Å². The second-order valence-corrected chi connectivity index (χ2v) is 2.80. The van der Waals surface area contributed by atoms with E-state index in [4.69, 9.17) is 6.42 Å². The molecule has 0 saturated carbocycles. The number of nitrogens with zero attached hydrogens (tertiary/aromatic N) is 1. The number of hydrogen-bond donors (Lipinski definition) is 1. The third kappa shape index (κ3) is 5.26. The standard InChI is InChI=1S/C10H18N2O/c1-4-7-12(8-5-2)10(13)9-11-6-3/h1,11H,5-9H2,2-3H3. The zero-order valence-corrected chi connectivity index (χ0v) is 8.47. The molecule has 13 heavy (non-hydrogen) atoms. The second-order valence-electron chi connectivity index (χ2n) is 2.80. The van der Waals surface area contributed by atoms with Crippen molar-refractivity contribution in [3.8, 4) is 12.3 Å². The van der Waals surface area contributed by atoms with Gasteiger partial charge in [0, 0.05) is 6.54 Å². The molecule has 0 aromatic heterocycles. The summed E-state index contributed by atoms with van der Waals surface area (Å²) in [7, 11) is 0. The summed E-state index contributed by atoms with van der Waals surface area (Å²) in [6.07, 6.45) is 6.11. The molecule has 0 fully saturated rings. The highest BCUT2D eigenvalue weighted by atomic mass is 16.2. The lowest BCUT2D eigenvalue weighted by Gasteiger charge is -2.19. The van der Waals surface area contributed by atoms with Crippen LogP contribution in [0.15, 0.2) is 0 Å². The van der Waals surface area contributed by atoms with Crippen LogP contribution in [0.5, 0.6) is 0 Å². The van der Waals surface area contributed by atoms with Crippen LogP contribution in [0.3, 0.4) is 0 Å². The van der Waals surface area contributed by atoms with Crippen LogP contribution in [0.4, 0.5) is 0 Å². The highest BCUT2D eigenvalue weighted by Gasteiger charge is 2.09. The van der Waals surface area contributed by atoms with Gasteiger partial charge in [0.05, 0.1) is 13.1 Å². The number of rotatable bonds is 6. The highest BCUT2D eigenvalue weighted by molar-refractivity contribution is 5.78. The normalized spacial score (nSPS) is 9.31. The summed E-state index contributed by atoms with van der Waals surface area (Å²) in [5.41, 5.74) is 0. The molecule has 0 aromatic carbocycles. The molecule has 0 aliphatic carbocycles. The molecule has 0 rings (SSSR count). The third-order valence-electron chi connectivity index (χ3n) is 1.65. The Hall–Kier alpha value is -1.01. The van der Waals surface area contributed by atoms with Gasteiger partial charge in [-0.05, 0) is 13.0 Å². The Bertz CT molecular complexity index is 184. The molecule has 0 saturated heterocycles. The van der Waals surface area contributed by atoms with Crippen molar-refractivity contribution in [3.05, 3.63) is 0 Å². The Morgan fingerprint density at radius 2 is 2.23 bits per heavy atom. The summed E-state index contributed by atoms with van der Waals surface area (Å²) < 4.78 is 0. The van der Waals surface area contributed by atoms with Crippen molar-refractivity contribution in [3.63, 3.8) is 0 Å². The minimum atomic E-state index is 0.0849. The molecular formula is C10H18N2O. The van der Waals surface area contributed by atoms with E-state index in [1.807, 2.05) is 13.8 Å². The zero-order chi connectivity index (χ0) is 10.1. The molecule has 74 valence electrons. The smallest absolute Gasteiger partial charge is 0.237 e. The lowest BCUT2D eigenvalue weighted by molar-refractivity contribution is -0.129. The molecule has 0 bridgehead atoms. The fourth-order valence-electron chi connectivity index (χ4n) is 1.02. The molecule has 1 N–H and O–H groups in total. The number of likely N-dealkylation sites (N-methyl/N-ethyl adjacent to an activating group) is 1. The zero-order valence-electron chi connectivity index (χ0n) is 8.47. The average Bonchev–Trinajstić information content (AvgIpc) is 2.14. The predicted octanol–water partition coefficient (Wildman–Crippen LogP) is 0.468. The SMILES string of the molecule is C#CCN(CCC)C(=O)CNCC. The molecule has 0 atom stereocenters. The van der Waals surface area contributed by atoms with Gasteiger partial charge in [0.1, 0.15) is 0 Å². The van der Waals surface area contributed by atoms with Gasteiger partial charge in [-0.25, -0.2) is 0 Å². The largest absolute Gasteiger partial charge is 0.330 e. The quantitative estimate of drug-likeness (QED) is 0.606. The van der Waals surface area contributed by atoms with Gasteiger partial charge in [0.15, 0.2) is 0 Å². The van der Waals surface area contributed by atoms with E-state index in [2.05, 4.69) is 11.2 Å². The number of nitrogens with one attached hydrogen (secondary N) is 1. The molecule has 0 unspecified atom stereocenters. The van der Waals surface area contributed by atoms with Gasteiger partial charge in [-0.15, -0.1) is 6.42 Å². The Labute approximate surface area is 80.5 Å². The lowest BCUT2D eigenvalue weighted by Crippen LogP contribution is -2.38. The molecule has 0 radical (unpaired) electrons. The van der Waals surface area contributed by atoms with Crippen LogP contribution in [-0.4, -0.2) is 37.0 Å². The van der Waals surface area contributed by atoms with Crippen LogP contribution >= 0.6 is 0 Å². The Balaban J connectivity index is 3.89. The molecule has 0 aliphatic rings. The number of amides is 1. The van der Waals surface area contributed by atoms with Gasteiger partial charge >= 0.3 is 0 Å². The minimum absolute atomic E-state index is 0.0849. The van der Waals surface area contributed by atoms with Crippen molar-refractivity contribution in [2.75, 3.05) is 26.2 Å². The molecule has 0 aliphatic heterocycles. The number of carbonyl (C=O) groups excluding carboxylic acids is 1. The van der Waals surface area contributed by atoms with Crippen molar-refractivity contribution in [1.82, 2.24) is 10.2 Å². The minimum Gasteiger partial charge on any atom is -0.330 e. The lowest BCUT2D eigenvalue weighted by atomic mass is 10.3. The molecule has 3 heteroatoms. The van der Waals surface area contributed by atoms with E-state index >= 15 is 0 Å². The molecule has 3 nitrogen and oxygen atoms in total. The summed E-state index contributed by atoms with van der Waals surface area (Å²) in [4.78, 5) is 13.1. The van der Waals surface area contributed by atoms with Gasteiger partial charge in [-0.3, -0.25) is 4.79 Å². The van der Waals surface area contributed by atoms with Crippen molar-refractivity contribution in [1.29, 1.82) is 0 Å². The summed E-state index contributed by atoms with van der Waals surface area (Å²) in [6.45, 7) is 6.36. The first-order chi connectivity index (χ1) is 6.26.